The van der Waals surface area contributed by atoms with Gasteiger partial charge in [0.1, 0.15) is 5.75 Å². The van der Waals surface area contributed by atoms with Crippen LogP contribution in [0.4, 0.5) is 0 Å². The van der Waals surface area contributed by atoms with Gasteiger partial charge in [-0.2, -0.15) is 0 Å². The zero-order chi connectivity index (χ0) is 11.3. The zero-order valence-corrected chi connectivity index (χ0v) is 8.64. The van der Waals surface area contributed by atoms with Crippen LogP contribution in [0, 0.1) is 0 Å². The van der Waals surface area contributed by atoms with E-state index in [-0.39, 0.29) is 6.61 Å². The standard InChI is InChI=1S/C11H15NO3/c1-2-10(11(12)14)15-9-5-3-8(7-13)4-6-9/h3-6,10,13H,2,7H2,1H3,(H2,12,14). The Labute approximate surface area is 88.7 Å². The molecule has 1 atom stereocenters. The average Bonchev–Trinajstić information content (AvgIpc) is 2.26. The second-order valence-corrected chi connectivity index (χ2v) is 3.22. The Morgan fingerprint density at radius 1 is 1.47 bits per heavy atom. The summed E-state index contributed by atoms with van der Waals surface area (Å²) in [5.41, 5.74) is 5.95. The van der Waals surface area contributed by atoms with Gasteiger partial charge in [0.05, 0.1) is 6.61 Å². The zero-order valence-electron chi connectivity index (χ0n) is 8.64. The number of benzene rings is 1. The number of carbonyl (C=O) groups excluding carboxylic acids is 1. The van der Waals surface area contributed by atoms with Gasteiger partial charge in [0.25, 0.3) is 5.91 Å². The topological polar surface area (TPSA) is 72.6 Å². The molecule has 1 aromatic carbocycles. The summed E-state index contributed by atoms with van der Waals surface area (Å²) < 4.78 is 5.37. The highest BCUT2D eigenvalue weighted by Crippen LogP contribution is 2.14. The molecule has 0 fully saturated rings. The molecule has 0 aliphatic carbocycles. The molecule has 0 saturated heterocycles. The van der Waals surface area contributed by atoms with Crippen LogP contribution in [0.1, 0.15) is 18.9 Å². The fourth-order valence-corrected chi connectivity index (χ4v) is 1.18. The molecule has 0 aliphatic heterocycles. The fourth-order valence-electron chi connectivity index (χ4n) is 1.18. The van der Waals surface area contributed by atoms with Crippen molar-refractivity contribution in [1.29, 1.82) is 0 Å². The molecule has 1 amide bonds. The van der Waals surface area contributed by atoms with Gasteiger partial charge in [0.15, 0.2) is 6.10 Å². The van der Waals surface area contributed by atoms with Crippen LogP contribution < -0.4 is 10.5 Å². The van der Waals surface area contributed by atoms with Crippen molar-refractivity contribution in [2.24, 2.45) is 5.73 Å². The molecule has 0 spiro atoms. The van der Waals surface area contributed by atoms with E-state index in [2.05, 4.69) is 0 Å². The molecule has 4 nitrogen and oxygen atoms in total. The minimum atomic E-state index is -0.593. The van der Waals surface area contributed by atoms with Gasteiger partial charge in [-0.15, -0.1) is 0 Å². The molecule has 3 N–H and O–H groups in total. The van der Waals surface area contributed by atoms with Crippen molar-refractivity contribution in [1.82, 2.24) is 0 Å². The van der Waals surface area contributed by atoms with Crippen molar-refractivity contribution in [2.45, 2.75) is 26.1 Å². The Morgan fingerprint density at radius 2 is 2.07 bits per heavy atom. The number of carbonyl (C=O) groups is 1. The quantitative estimate of drug-likeness (QED) is 0.754. The Balaban J connectivity index is 2.67. The largest absolute Gasteiger partial charge is 0.481 e. The third-order valence-electron chi connectivity index (χ3n) is 2.07. The van der Waals surface area contributed by atoms with Gasteiger partial charge in [0, 0.05) is 0 Å². The molecule has 1 unspecified atom stereocenters. The first-order chi connectivity index (χ1) is 7.17. The molecule has 1 aromatic rings. The average molecular weight is 209 g/mol. The second kappa shape index (κ2) is 5.36. The fraction of sp³-hybridized carbons (Fsp3) is 0.364. The first-order valence-corrected chi connectivity index (χ1v) is 4.83. The number of primary amides is 1. The number of hydrogen-bond acceptors (Lipinski definition) is 3. The van der Waals surface area contributed by atoms with Crippen LogP contribution in [0.2, 0.25) is 0 Å². The van der Waals surface area contributed by atoms with E-state index in [9.17, 15) is 4.79 Å². The van der Waals surface area contributed by atoms with Crippen LogP contribution in [0.25, 0.3) is 0 Å². The number of amides is 1. The van der Waals surface area contributed by atoms with Gasteiger partial charge in [-0.3, -0.25) is 4.79 Å². The highest BCUT2D eigenvalue weighted by atomic mass is 16.5. The molecule has 15 heavy (non-hydrogen) atoms. The predicted molar refractivity (Wildman–Crippen MR) is 56.3 cm³/mol. The number of aliphatic hydroxyl groups excluding tert-OH is 1. The smallest absolute Gasteiger partial charge is 0.258 e. The molecule has 1 rings (SSSR count). The minimum absolute atomic E-state index is 0.00664. The Morgan fingerprint density at radius 3 is 2.47 bits per heavy atom. The van der Waals surface area contributed by atoms with Gasteiger partial charge in [-0.05, 0) is 24.1 Å². The van der Waals surface area contributed by atoms with Crippen LogP contribution in [0.5, 0.6) is 5.75 Å². The summed E-state index contributed by atoms with van der Waals surface area (Å²) in [5.74, 6) is 0.113. The maximum absolute atomic E-state index is 10.9. The molecule has 0 heterocycles. The summed E-state index contributed by atoms with van der Waals surface area (Å²) in [6.45, 7) is 1.82. The Bertz CT molecular complexity index is 321. The summed E-state index contributed by atoms with van der Waals surface area (Å²) in [6.07, 6.45) is -0.0538. The van der Waals surface area contributed by atoms with E-state index in [4.69, 9.17) is 15.6 Å². The number of aliphatic hydroxyl groups is 1. The van der Waals surface area contributed by atoms with Crippen LogP contribution in [0.3, 0.4) is 0 Å². The van der Waals surface area contributed by atoms with E-state index in [1.165, 1.54) is 0 Å². The van der Waals surface area contributed by atoms with E-state index in [1.54, 1.807) is 24.3 Å². The predicted octanol–water partition coefficient (Wildman–Crippen LogP) is 0.822. The highest BCUT2D eigenvalue weighted by Gasteiger charge is 2.13. The molecule has 0 aliphatic rings. The first-order valence-electron chi connectivity index (χ1n) is 4.83. The maximum Gasteiger partial charge on any atom is 0.258 e. The summed E-state index contributed by atoms with van der Waals surface area (Å²) in [4.78, 5) is 10.9. The Hall–Kier alpha value is -1.55. The summed E-state index contributed by atoms with van der Waals surface area (Å²) >= 11 is 0. The molecule has 0 radical (unpaired) electrons. The van der Waals surface area contributed by atoms with E-state index in [0.29, 0.717) is 12.2 Å². The van der Waals surface area contributed by atoms with Crippen LogP contribution in [0.15, 0.2) is 24.3 Å². The second-order valence-electron chi connectivity index (χ2n) is 3.22. The van der Waals surface area contributed by atoms with Crippen LogP contribution in [-0.4, -0.2) is 17.1 Å². The number of rotatable bonds is 5. The van der Waals surface area contributed by atoms with Crippen molar-refractivity contribution in [3.05, 3.63) is 29.8 Å². The first kappa shape index (κ1) is 11.5. The number of ether oxygens (including phenoxy) is 1. The van der Waals surface area contributed by atoms with Crippen molar-refractivity contribution >= 4 is 5.91 Å². The molecule has 0 aromatic heterocycles. The molecular formula is C11H15NO3. The third-order valence-corrected chi connectivity index (χ3v) is 2.07. The lowest BCUT2D eigenvalue weighted by atomic mass is 10.2. The number of hydrogen-bond donors (Lipinski definition) is 2. The molecule has 0 bridgehead atoms. The summed E-state index contributed by atoms with van der Waals surface area (Å²) in [6, 6.07) is 6.89. The van der Waals surface area contributed by atoms with Gasteiger partial charge in [0.2, 0.25) is 0 Å². The lowest BCUT2D eigenvalue weighted by Crippen LogP contribution is -2.32. The summed E-state index contributed by atoms with van der Waals surface area (Å²) in [5, 5.41) is 8.83. The monoisotopic (exact) mass is 209 g/mol. The van der Waals surface area contributed by atoms with E-state index < -0.39 is 12.0 Å². The molecule has 82 valence electrons. The number of nitrogens with two attached hydrogens (primary N) is 1. The van der Waals surface area contributed by atoms with Crippen molar-refractivity contribution < 1.29 is 14.6 Å². The highest BCUT2D eigenvalue weighted by molar-refractivity contribution is 5.79. The lowest BCUT2D eigenvalue weighted by molar-refractivity contribution is -0.124. The third kappa shape index (κ3) is 3.25. The van der Waals surface area contributed by atoms with E-state index in [0.717, 1.165) is 5.56 Å². The van der Waals surface area contributed by atoms with Crippen molar-refractivity contribution in [3.8, 4) is 5.75 Å². The normalized spacial score (nSPS) is 12.1. The lowest BCUT2D eigenvalue weighted by Gasteiger charge is -2.13. The van der Waals surface area contributed by atoms with Crippen molar-refractivity contribution in [3.63, 3.8) is 0 Å². The van der Waals surface area contributed by atoms with Gasteiger partial charge in [-0.25, -0.2) is 0 Å². The molecule has 4 heteroatoms. The Kier molecular flexibility index (Phi) is 4.12. The van der Waals surface area contributed by atoms with Gasteiger partial charge in [-0.1, -0.05) is 19.1 Å². The van der Waals surface area contributed by atoms with Gasteiger partial charge < -0.3 is 15.6 Å². The minimum Gasteiger partial charge on any atom is -0.481 e. The van der Waals surface area contributed by atoms with E-state index >= 15 is 0 Å². The van der Waals surface area contributed by atoms with Gasteiger partial charge >= 0.3 is 0 Å². The van der Waals surface area contributed by atoms with E-state index in [1.807, 2.05) is 6.92 Å². The van der Waals surface area contributed by atoms with Crippen molar-refractivity contribution in [2.75, 3.05) is 0 Å². The van der Waals surface area contributed by atoms with Crippen LogP contribution in [-0.2, 0) is 11.4 Å². The van der Waals surface area contributed by atoms with Crippen LogP contribution >= 0.6 is 0 Å². The molecule has 0 saturated carbocycles. The SMILES string of the molecule is CCC(Oc1ccc(CO)cc1)C(N)=O. The summed E-state index contributed by atoms with van der Waals surface area (Å²) in [7, 11) is 0. The molecular weight excluding hydrogens is 194 g/mol. The maximum atomic E-state index is 10.9.